The van der Waals surface area contributed by atoms with Crippen LogP contribution < -0.4 is 5.32 Å². The van der Waals surface area contributed by atoms with Crippen molar-refractivity contribution in [3.8, 4) is 0 Å². The fourth-order valence-electron chi connectivity index (χ4n) is 2.04. The Kier molecular flexibility index (Phi) is 2.07. The van der Waals surface area contributed by atoms with Gasteiger partial charge in [0.25, 0.3) is 0 Å². The summed E-state index contributed by atoms with van der Waals surface area (Å²) in [5, 5.41) is 7.22. The molecule has 16 heavy (non-hydrogen) atoms. The number of piperidine rings is 1. The average Bonchev–Trinajstić information content (AvgIpc) is 2.80. The monoisotopic (exact) mass is 235 g/mol. The molecule has 0 aliphatic carbocycles. The molecule has 1 unspecified atom stereocenters. The summed E-state index contributed by atoms with van der Waals surface area (Å²) in [4.78, 5) is 22.7. The van der Waals surface area contributed by atoms with Crippen LogP contribution in [0.3, 0.4) is 0 Å². The van der Waals surface area contributed by atoms with Crippen LogP contribution in [0.4, 0.5) is 0 Å². The first-order valence-electron chi connectivity index (χ1n) is 5.02. The molecule has 2 amide bonds. The molecule has 1 atom stereocenters. The molecular weight excluding hydrogens is 226 g/mol. The highest BCUT2D eigenvalue weighted by Gasteiger charge is 2.30. The highest BCUT2D eigenvalue weighted by atomic mass is 32.1. The summed E-state index contributed by atoms with van der Waals surface area (Å²) in [5.41, 5.74) is 1.70. The number of imide groups is 1. The Labute approximate surface area is 95.2 Å². The maximum atomic E-state index is 11.7. The quantitative estimate of drug-likeness (QED) is 0.769. The molecule has 5 heteroatoms. The molecule has 0 spiro atoms. The minimum absolute atomic E-state index is 0.189. The highest BCUT2D eigenvalue weighted by molar-refractivity contribution is 7.09. The van der Waals surface area contributed by atoms with Crippen molar-refractivity contribution in [1.82, 2.24) is 5.32 Å². The Morgan fingerprint density at radius 3 is 3.06 bits per heavy atom. The summed E-state index contributed by atoms with van der Waals surface area (Å²) in [6.45, 7) is 0. The number of nitrogens with one attached hydrogen (secondary N) is 1. The molecule has 82 valence electrons. The zero-order chi connectivity index (χ0) is 11.1. The van der Waals surface area contributed by atoms with Crippen LogP contribution in [0.2, 0.25) is 0 Å². The Morgan fingerprint density at radius 1 is 1.38 bits per heavy atom. The van der Waals surface area contributed by atoms with Crippen molar-refractivity contribution < 1.29 is 14.0 Å². The van der Waals surface area contributed by atoms with Crippen molar-refractivity contribution in [2.24, 2.45) is 0 Å². The zero-order valence-electron chi connectivity index (χ0n) is 8.36. The molecular formula is C11H9NO3S. The second-order valence-corrected chi connectivity index (χ2v) is 4.59. The van der Waals surface area contributed by atoms with Crippen molar-refractivity contribution in [2.45, 2.75) is 18.8 Å². The van der Waals surface area contributed by atoms with Gasteiger partial charge in [-0.3, -0.25) is 14.9 Å². The number of carbonyl (C=O) groups is 2. The maximum absolute atomic E-state index is 11.7. The molecule has 4 nitrogen and oxygen atoms in total. The van der Waals surface area contributed by atoms with E-state index < -0.39 is 0 Å². The predicted octanol–water partition coefficient (Wildman–Crippen LogP) is 2.01. The van der Waals surface area contributed by atoms with Gasteiger partial charge in [0.05, 0.1) is 12.2 Å². The molecule has 0 radical (unpaired) electrons. The number of fused-ring (bicyclic) bond motifs is 1. The van der Waals surface area contributed by atoms with E-state index >= 15 is 0 Å². The first-order valence-corrected chi connectivity index (χ1v) is 5.97. The van der Waals surface area contributed by atoms with E-state index in [-0.39, 0.29) is 17.7 Å². The second-order valence-electron chi connectivity index (χ2n) is 3.84. The van der Waals surface area contributed by atoms with E-state index in [1.165, 1.54) is 0 Å². The van der Waals surface area contributed by atoms with Crippen molar-refractivity contribution in [2.75, 3.05) is 0 Å². The molecule has 0 aromatic carbocycles. The lowest BCUT2D eigenvalue weighted by molar-refractivity contribution is -0.134. The third-order valence-electron chi connectivity index (χ3n) is 2.86. The highest BCUT2D eigenvalue weighted by Crippen LogP contribution is 2.33. The van der Waals surface area contributed by atoms with Crippen LogP contribution in [0, 0.1) is 0 Å². The number of carbonyl (C=O) groups excluding carboxylic acids is 2. The van der Waals surface area contributed by atoms with Gasteiger partial charge in [0, 0.05) is 28.1 Å². The van der Waals surface area contributed by atoms with Crippen LogP contribution in [0.15, 0.2) is 21.4 Å². The van der Waals surface area contributed by atoms with Crippen LogP contribution in [0.5, 0.6) is 0 Å². The number of furan rings is 1. The average molecular weight is 235 g/mol. The SMILES string of the molecule is O=C1CCC(c2coc3cscc23)C(=O)N1. The Bertz CT molecular complexity index is 569. The van der Waals surface area contributed by atoms with E-state index in [1.54, 1.807) is 17.6 Å². The Hall–Kier alpha value is -1.62. The summed E-state index contributed by atoms with van der Waals surface area (Å²) in [6, 6.07) is 0. The fourth-order valence-corrected chi connectivity index (χ4v) is 2.80. The topological polar surface area (TPSA) is 59.3 Å². The van der Waals surface area contributed by atoms with Gasteiger partial charge >= 0.3 is 0 Å². The maximum Gasteiger partial charge on any atom is 0.234 e. The fraction of sp³-hybridized carbons (Fsp3) is 0.273. The van der Waals surface area contributed by atoms with Crippen molar-refractivity contribution in [3.63, 3.8) is 0 Å². The van der Waals surface area contributed by atoms with Gasteiger partial charge in [-0.25, -0.2) is 0 Å². The first kappa shape index (κ1) is 9.59. The summed E-state index contributed by atoms with van der Waals surface area (Å²) in [7, 11) is 0. The minimum atomic E-state index is -0.256. The number of thiophene rings is 1. The Morgan fingerprint density at radius 2 is 2.25 bits per heavy atom. The van der Waals surface area contributed by atoms with Gasteiger partial charge in [-0.05, 0) is 6.42 Å². The molecule has 2 aromatic heterocycles. The van der Waals surface area contributed by atoms with Gasteiger partial charge < -0.3 is 4.42 Å². The lowest BCUT2D eigenvalue weighted by atomic mass is 9.91. The molecule has 1 aliphatic heterocycles. The normalized spacial score (nSPS) is 21.4. The molecule has 1 saturated heterocycles. The van der Waals surface area contributed by atoms with Gasteiger partial charge in [-0.15, -0.1) is 11.3 Å². The second kappa shape index (κ2) is 3.45. The minimum Gasteiger partial charge on any atom is -0.463 e. The van der Waals surface area contributed by atoms with E-state index in [1.807, 2.05) is 10.8 Å². The third-order valence-corrected chi connectivity index (χ3v) is 3.59. The zero-order valence-corrected chi connectivity index (χ0v) is 9.17. The van der Waals surface area contributed by atoms with Gasteiger partial charge in [0.2, 0.25) is 11.8 Å². The number of hydrogen-bond donors (Lipinski definition) is 1. The number of rotatable bonds is 1. The van der Waals surface area contributed by atoms with Crippen LogP contribution in [-0.4, -0.2) is 11.8 Å². The summed E-state index contributed by atoms with van der Waals surface area (Å²) >= 11 is 1.55. The molecule has 3 heterocycles. The molecule has 2 aromatic rings. The van der Waals surface area contributed by atoms with E-state index in [2.05, 4.69) is 5.32 Å². The first-order chi connectivity index (χ1) is 7.75. The van der Waals surface area contributed by atoms with Crippen LogP contribution in [-0.2, 0) is 9.59 Å². The molecule has 1 N–H and O–H groups in total. The Balaban J connectivity index is 2.01. The molecule has 0 saturated carbocycles. The van der Waals surface area contributed by atoms with Crippen molar-refractivity contribution in [3.05, 3.63) is 22.6 Å². The number of amides is 2. The van der Waals surface area contributed by atoms with Crippen LogP contribution >= 0.6 is 11.3 Å². The van der Waals surface area contributed by atoms with Gasteiger partial charge in [0.1, 0.15) is 5.58 Å². The molecule has 1 aliphatic rings. The predicted molar refractivity (Wildman–Crippen MR) is 59.2 cm³/mol. The van der Waals surface area contributed by atoms with Crippen molar-refractivity contribution >= 4 is 34.1 Å². The summed E-state index contributed by atoms with van der Waals surface area (Å²) < 4.78 is 5.36. The number of hydrogen-bond acceptors (Lipinski definition) is 4. The standard InChI is InChI=1S/C11H9NO3S/c13-10-2-1-6(11(14)12-10)7-3-15-9-5-16-4-8(7)9/h3-6H,1-2H2,(H,12,13,14). The summed E-state index contributed by atoms with van der Waals surface area (Å²) in [6.07, 6.45) is 2.58. The van der Waals surface area contributed by atoms with Gasteiger partial charge in [0.15, 0.2) is 0 Å². The molecule has 1 fully saturated rings. The largest absolute Gasteiger partial charge is 0.463 e. The molecule has 0 bridgehead atoms. The lowest BCUT2D eigenvalue weighted by Gasteiger charge is -2.19. The summed E-state index contributed by atoms with van der Waals surface area (Å²) in [5.74, 6) is -0.662. The smallest absolute Gasteiger partial charge is 0.234 e. The van der Waals surface area contributed by atoms with Crippen LogP contribution in [0.25, 0.3) is 11.0 Å². The van der Waals surface area contributed by atoms with Crippen LogP contribution in [0.1, 0.15) is 24.3 Å². The third kappa shape index (κ3) is 1.36. The lowest BCUT2D eigenvalue weighted by Crippen LogP contribution is -2.39. The molecule has 3 rings (SSSR count). The van der Waals surface area contributed by atoms with E-state index in [4.69, 9.17) is 4.42 Å². The van der Waals surface area contributed by atoms with Crippen molar-refractivity contribution in [1.29, 1.82) is 0 Å². The van der Waals surface area contributed by atoms with E-state index in [9.17, 15) is 9.59 Å². The van der Waals surface area contributed by atoms with E-state index in [0.717, 1.165) is 16.5 Å². The van der Waals surface area contributed by atoms with E-state index in [0.29, 0.717) is 12.8 Å². The van der Waals surface area contributed by atoms with Gasteiger partial charge in [-0.2, -0.15) is 0 Å². The van der Waals surface area contributed by atoms with Gasteiger partial charge in [-0.1, -0.05) is 0 Å².